The number of carbonyl (C=O) groups is 1. The van der Waals surface area contributed by atoms with Crippen LogP contribution in [0.3, 0.4) is 0 Å². The summed E-state index contributed by atoms with van der Waals surface area (Å²) >= 11 is 0. The lowest BCUT2D eigenvalue weighted by atomic mass is 10.1. The van der Waals surface area contributed by atoms with Gasteiger partial charge in [0.15, 0.2) is 11.5 Å². The van der Waals surface area contributed by atoms with E-state index in [1.54, 1.807) is 0 Å². The molecule has 12 heteroatoms. The minimum Gasteiger partial charge on any atom is -0.493 e. The largest absolute Gasteiger partial charge is 0.493 e. The number of benzene rings is 1. The predicted molar refractivity (Wildman–Crippen MR) is 130 cm³/mol. The zero-order valence-corrected chi connectivity index (χ0v) is 20.9. The molecule has 0 aliphatic carbocycles. The maximum absolute atomic E-state index is 11.9. The predicted octanol–water partition coefficient (Wildman–Crippen LogP) is 1.63. The summed E-state index contributed by atoms with van der Waals surface area (Å²) in [6.07, 6.45) is 4.63. The lowest BCUT2D eigenvalue weighted by Gasteiger charge is -2.14. The molecule has 202 valence electrons. The van der Waals surface area contributed by atoms with Gasteiger partial charge in [0, 0.05) is 13.0 Å². The smallest absolute Gasteiger partial charge is 0.279 e. The van der Waals surface area contributed by atoms with Crippen molar-refractivity contribution in [1.82, 2.24) is 5.32 Å². The summed E-state index contributed by atoms with van der Waals surface area (Å²) in [5.41, 5.74) is -0.135. The first-order valence-corrected chi connectivity index (χ1v) is 11.6. The van der Waals surface area contributed by atoms with Gasteiger partial charge in [-0.05, 0) is 19.4 Å². The number of carbonyl (C=O) groups excluding carboxylic acids is 1. The fraction of sp³-hybridized carbons (Fsp3) is 0.625. The van der Waals surface area contributed by atoms with Crippen LogP contribution in [-0.2, 0) is 23.7 Å². The molecule has 0 aromatic heterocycles. The molecule has 0 bridgehead atoms. The van der Waals surface area contributed by atoms with Gasteiger partial charge in [0.25, 0.3) is 5.69 Å². The van der Waals surface area contributed by atoms with Gasteiger partial charge in [-0.1, -0.05) is 5.92 Å². The number of aliphatic hydroxyl groups excluding tert-OH is 1. The molecule has 0 heterocycles. The molecule has 1 unspecified atom stereocenters. The van der Waals surface area contributed by atoms with Gasteiger partial charge in [-0.3, -0.25) is 14.9 Å². The van der Waals surface area contributed by atoms with Crippen LogP contribution in [0.2, 0.25) is 0 Å². The van der Waals surface area contributed by atoms with Gasteiger partial charge in [-0.2, -0.15) is 0 Å². The van der Waals surface area contributed by atoms with Gasteiger partial charge in [0.1, 0.15) is 6.61 Å². The van der Waals surface area contributed by atoms with Gasteiger partial charge in [-0.25, -0.2) is 0 Å². The molecular weight excluding hydrogens is 476 g/mol. The fourth-order valence-corrected chi connectivity index (χ4v) is 2.89. The van der Waals surface area contributed by atoms with Crippen LogP contribution in [0, 0.1) is 22.5 Å². The molecule has 0 fully saturated rings. The average molecular weight is 513 g/mol. The highest BCUT2D eigenvalue weighted by atomic mass is 16.6. The topological polar surface area (TPSA) is 148 Å². The Hall–Kier alpha value is -2.95. The van der Waals surface area contributed by atoms with Crippen LogP contribution in [0.4, 0.5) is 5.69 Å². The van der Waals surface area contributed by atoms with Crippen molar-refractivity contribution in [2.45, 2.75) is 25.9 Å². The van der Waals surface area contributed by atoms with E-state index < -0.39 is 11.0 Å². The van der Waals surface area contributed by atoms with E-state index in [1.807, 2.05) is 0 Å². The number of hydrogen-bond acceptors (Lipinski definition) is 10. The van der Waals surface area contributed by atoms with Crippen LogP contribution in [-0.4, -0.2) is 89.1 Å². The van der Waals surface area contributed by atoms with Crippen molar-refractivity contribution >= 4 is 11.6 Å². The molecule has 1 atom stereocenters. The molecule has 1 rings (SSSR count). The van der Waals surface area contributed by atoms with Crippen molar-refractivity contribution < 1.29 is 43.2 Å². The molecule has 0 spiro atoms. The van der Waals surface area contributed by atoms with Crippen molar-refractivity contribution in [3.8, 4) is 23.8 Å². The average Bonchev–Trinajstić information content (AvgIpc) is 2.86. The summed E-state index contributed by atoms with van der Waals surface area (Å²) in [4.78, 5) is 22.6. The minimum atomic E-state index is -1.04. The number of nitrogens with zero attached hydrogens (tertiary/aromatic N) is 1. The molecule has 0 aliphatic rings. The summed E-state index contributed by atoms with van der Waals surface area (Å²) in [5, 5.41) is 23.8. The second kappa shape index (κ2) is 19.3. The van der Waals surface area contributed by atoms with Crippen LogP contribution in [0.25, 0.3) is 0 Å². The Morgan fingerprint density at radius 1 is 1.06 bits per heavy atom. The Morgan fingerprint density at radius 3 is 2.22 bits per heavy atom. The van der Waals surface area contributed by atoms with Gasteiger partial charge in [0.2, 0.25) is 5.91 Å². The Balaban J connectivity index is 2.11. The normalized spacial score (nSPS) is 11.5. The minimum absolute atomic E-state index is 0.129. The van der Waals surface area contributed by atoms with Crippen LogP contribution in [0.15, 0.2) is 12.1 Å². The maximum Gasteiger partial charge on any atom is 0.279 e. The second-order valence-electron chi connectivity index (χ2n) is 7.39. The Labute approximate surface area is 211 Å². The summed E-state index contributed by atoms with van der Waals surface area (Å²) in [7, 11) is 1.40. The summed E-state index contributed by atoms with van der Waals surface area (Å²) in [6, 6.07) is 2.59. The molecule has 0 saturated carbocycles. The fourth-order valence-electron chi connectivity index (χ4n) is 2.89. The maximum atomic E-state index is 11.9. The summed E-state index contributed by atoms with van der Waals surface area (Å²) < 4.78 is 31.9. The van der Waals surface area contributed by atoms with Crippen LogP contribution >= 0.6 is 0 Å². The molecule has 0 saturated heterocycles. The Kier molecular flexibility index (Phi) is 16.6. The standard InChI is InChI=1S/C24H36N2O10/c1-4-8-32-11-13-34-15-16-35-14-12-33-10-7-25-24(28)6-5-9-36-23-18-21(26(29)30)20(19(2)27)17-22(23)31-3/h1,17-19,27H,5-16H2,2-3H3,(H,25,28). The lowest BCUT2D eigenvalue weighted by molar-refractivity contribution is -0.386. The van der Waals surface area contributed by atoms with Crippen molar-refractivity contribution in [3.63, 3.8) is 0 Å². The molecule has 0 aliphatic heterocycles. The number of hydrogen-bond donors (Lipinski definition) is 2. The van der Waals surface area contributed by atoms with Crippen LogP contribution < -0.4 is 14.8 Å². The summed E-state index contributed by atoms with van der Waals surface area (Å²) in [6.45, 7) is 5.20. The molecule has 1 aromatic carbocycles. The van der Waals surface area contributed by atoms with E-state index in [1.165, 1.54) is 26.2 Å². The third-order valence-corrected chi connectivity index (χ3v) is 4.64. The zero-order chi connectivity index (χ0) is 26.6. The zero-order valence-electron chi connectivity index (χ0n) is 20.9. The van der Waals surface area contributed by atoms with E-state index in [4.69, 9.17) is 34.8 Å². The van der Waals surface area contributed by atoms with E-state index in [9.17, 15) is 20.0 Å². The van der Waals surface area contributed by atoms with E-state index in [2.05, 4.69) is 11.2 Å². The van der Waals surface area contributed by atoms with Crippen molar-refractivity contribution in [2.75, 3.05) is 73.1 Å². The number of nitrogens with one attached hydrogen (secondary N) is 1. The van der Waals surface area contributed by atoms with Crippen molar-refractivity contribution in [2.24, 2.45) is 0 Å². The molecule has 1 aromatic rings. The first kappa shape index (κ1) is 31.1. The SMILES string of the molecule is C#CCOCCOCCOCCOCCNC(=O)CCCOc1cc([N+](=O)[O-])c(C(C)O)cc1OC. The lowest BCUT2D eigenvalue weighted by Crippen LogP contribution is -2.27. The number of aliphatic hydroxyl groups is 1. The molecule has 0 radical (unpaired) electrons. The molecule has 36 heavy (non-hydrogen) atoms. The van der Waals surface area contributed by atoms with Crippen molar-refractivity contribution in [3.05, 3.63) is 27.8 Å². The number of amides is 1. The van der Waals surface area contributed by atoms with E-state index in [-0.39, 0.29) is 48.3 Å². The highest BCUT2D eigenvalue weighted by Crippen LogP contribution is 2.37. The van der Waals surface area contributed by atoms with Gasteiger partial charge < -0.3 is 38.8 Å². The Morgan fingerprint density at radius 2 is 1.67 bits per heavy atom. The molecule has 1 amide bonds. The molecule has 12 nitrogen and oxygen atoms in total. The first-order chi connectivity index (χ1) is 17.4. The third-order valence-electron chi connectivity index (χ3n) is 4.64. The van der Waals surface area contributed by atoms with Crippen molar-refractivity contribution in [1.29, 1.82) is 0 Å². The van der Waals surface area contributed by atoms with Gasteiger partial charge in [-0.15, -0.1) is 6.42 Å². The van der Waals surface area contributed by atoms with E-state index in [0.29, 0.717) is 59.2 Å². The number of terminal acetylenes is 1. The van der Waals surface area contributed by atoms with E-state index >= 15 is 0 Å². The highest BCUT2D eigenvalue weighted by Gasteiger charge is 2.22. The summed E-state index contributed by atoms with van der Waals surface area (Å²) in [5.74, 6) is 2.64. The quantitative estimate of drug-likeness (QED) is 0.108. The third kappa shape index (κ3) is 13.2. The van der Waals surface area contributed by atoms with E-state index in [0.717, 1.165) is 0 Å². The van der Waals surface area contributed by atoms with Gasteiger partial charge >= 0.3 is 0 Å². The number of ether oxygens (including phenoxy) is 6. The number of methoxy groups -OCH3 is 1. The van der Waals surface area contributed by atoms with Crippen LogP contribution in [0.1, 0.15) is 31.4 Å². The first-order valence-electron chi connectivity index (χ1n) is 11.6. The number of rotatable bonds is 21. The van der Waals surface area contributed by atoms with Crippen LogP contribution in [0.5, 0.6) is 11.5 Å². The number of nitro benzene ring substituents is 1. The Bertz CT molecular complexity index is 826. The number of nitro groups is 1. The molecule has 2 N–H and O–H groups in total. The molecular formula is C24H36N2O10. The van der Waals surface area contributed by atoms with Gasteiger partial charge in [0.05, 0.1) is 82.6 Å². The highest BCUT2D eigenvalue weighted by molar-refractivity contribution is 5.75. The monoisotopic (exact) mass is 512 g/mol. The second-order valence-corrected chi connectivity index (χ2v) is 7.39.